The van der Waals surface area contributed by atoms with Gasteiger partial charge >= 0.3 is 5.97 Å². The summed E-state index contributed by atoms with van der Waals surface area (Å²) in [5, 5.41) is 0. The SMILES string of the molecule is CC(C)C[C@H](N)C(=O)OCC1CC1. The third-order valence-corrected chi connectivity index (χ3v) is 2.19. The predicted octanol–water partition coefficient (Wildman–Crippen LogP) is 1.31. The third-order valence-electron chi connectivity index (χ3n) is 2.19. The van der Waals surface area contributed by atoms with E-state index < -0.39 is 6.04 Å². The molecule has 0 aliphatic heterocycles. The van der Waals surface area contributed by atoms with Crippen LogP contribution in [-0.4, -0.2) is 18.6 Å². The molecule has 0 bridgehead atoms. The van der Waals surface area contributed by atoms with Gasteiger partial charge < -0.3 is 10.5 Å². The van der Waals surface area contributed by atoms with E-state index in [-0.39, 0.29) is 5.97 Å². The third kappa shape index (κ3) is 4.27. The summed E-state index contributed by atoms with van der Waals surface area (Å²) in [6.45, 7) is 4.67. The van der Waals surface area contributed by atoms with Gasteiger partial charge in [0.1, 0.15) is 6.04 Å². The summed E-state index contributed by atoms with van der Waals surface area (Å²) in [4.78, 5) is 11.3. The van der Waals surface area contributed by atoms with E-state index in [0.29, 0.717) is 24.9 Å². The molecule has 0 unspecified atom stereocenters. The standard InChI is InChI=1S/C10H19NO2/c1-7(2)5-9(11)10(12)13-6-8-3-4-8/h7-9H,3-6,11H2,1-2H3/t9-/m0/s1. The van der Waals surface area contributed by atoms with E-state index in [1.165, 1.54) is 12.8 Å². The summed E-state index contributed by atoms with van der Waals surface area (Å²) in [6.07, 6.45) is 3.11. The highest BCUT2D eigenvalue weighted by atomic mass is 16.5. The van der Waals surface area contributed by atoms with Crippen LogP contribution < -0.4 is 5.73 Å². The first kappa shape index (κ1) is 10.5. The number of esters is 1. The van der Waals surface area contributed by atoms with E-state index in [4.69, 9.17) is 10.5 Å². The van der Waals surface area contributed by atoms with Gasteiger partial charge in [0, 0.05) is 0 Å². The van der Waals surface area contributed by atoms with E-state index in [1.807, 2.05) is 13.8 Å². The van der Waals surface area contributed by atoms with Crippen molar-refractivity contribution in [2.45, 2.75) is 39.2 Å². The highest BCUT2D eigenvalue weighted by molar-refractivity contribution is 5.75. The lowest BCUT2D eigenvalue weighted by molar-refractivity contribution is -0.146. The summed E-state index contributed by atoms with van der Waals surface area (Å²) in [6, 6.07) is -0.432. The van der Waals surface area contributed by atoms with Crippen molar-refractivity contribution < 1.29 is 9.53 Å². The lowest BCUT2D eigenvalue weighted by atomic mass is 10.1. The minimum absolute atomic E-state index is 0.236. The van der Waals surface area contributed by atoms with Crippen molar-refractivity contribution in [3.8, 4) is 0 Å². The first-order chi connectivity index (χ1) is 6.09. The van der Waals surface area contributed by atoms with Gasteiger partial charge in [-0.3, -0.25) is 4.79 Å². The van der Waals surface area contributed by atoms with Crippen LogP contribution in [-0.2, 0) is 9.53 Å². The maximum Gasteiger partial charge on any atom is 0.322 e. The minimum atomic E-state index is -0.432. The summed E-state index contributed by atoms with van der Waals surface area (Å²) in [5.41, 5.74) is 5.65. The molecule has 13 heavy (non-hydrogen) atoms. The Morgan fingerprint density at radius 3 is 2.62 bits per heavy atom. The zero-order valence-electron chi connectivity index (χ0n) is 8.45. The van der Waals surface area contributed by atoms with Crippen molar-refractivity contribution in [3.05, 3.63) is 0 Å². The number of rotatable bonds is 5. The van der Waals surface area contributed by atoms with Gasteiger partial charge in [-0.2, -0.15) is 0 Å². The molecule has 0 saturated heterocycles. The van der Waals surface area contributed by atoms with Gasteiger partial charge in [-0.05, 0) is 31.1 Å². The smallest absolute Gasteiger partial charge is 0.322 e. The van der Waals surface area contributed by atoms with Crippen LogP contribution in [0.3, 0.4) is 0 Å². The number of hydrogen-bond acceptors (Lipinski definition) is 3. The van der Waals surface area contributed by atoms with Gasteiger partial charge in [0.2, 0.25) is 0 Å². The maximum atomic E-state index is 11.3. The lowest BCUT2D eigenvalue weighted by Gasteiger charge is -2.12. The van der Waals surface area contributed by atoms with E-state index in [9.17, 15) is 4.79 Å². The molecule has 0 aromatic rings. The summed E-state index contributed by atoms with van der Waals surface area (Å²) in [5.74, 6) is 0.833. The van der Waals surface area contributed by atoms with Crippen LogP contribution in [0.5, 0.6) is 0 Å². The second-order valence-electron chi connectivity index (χ2n) is 4.31. The Kier molecular flexibility index (Phi) is 3.72. The second kappa shape index (κ2) is 4.61. The highest BCUT2D eigenvalue weighted by Crippen LogP contribution is 2.28. The van der Waals surface area contributed by atoms with Gasteiger partial charge in [-0.25, -0.2) is 0 Å². The van der Waals surface area contributed by atoms with Crippen LogP contribution in [0, 0.1) is 11.8 Å². The van der Waals surface area contributed by atoms with Crippen molar-refractivity contribution in [2.24, 2.45) is 17.6 Å². The van der Waals surface area contributed by atoms with Gasteiger partial charge in [-0.15, -0.1) is 0 Å². The monoisotopic (exact) mass is 185 g/mol. The average molecular weight is 185 g/mol. The van der Waals surface area contributed by atoms with Crippen LogP contribution in [0.4, 0.5) is 0 Å². The van der Waals surface area contributed by atoms with Crippen molar-refractivity contribution in [3.63, 3.8) is 0 Å². The molecule has 2 N–H and O–H groups in total. The molecule has 1 fully saturated rings. The first-order valence-corrected chi connectivity index (χ1v) is 5.01. The molecule has 0 spiro atoms. The molecule has 1 atom stereocenters. The summed E-state index contributed by atoms with van der Waals surface area (Å²) in [7, 11) is 0. The van der Waals surface area contributed by atoms with Crippen LogP contribution >= 0.6 is 0 Å². The van der Waals surface area contributed by atoms with E-state index in [2.05, 4.69) is 0 Å². The lowest BCUT2D eigenvalue weighted by Crippen LogP contribution is -2.33. The Morgan fingerprint density at radius 1 is 1.54 bits per heavy atom. The zero-order chi connectivity index (χ0) is 9.84. The number of carbonyl (C=O) groups excluding carboxylic acids is 1. The van der Waals surface area contributed by atoms with Crippen LogP contribution in [0.1, 0.15) is 33.1 Å². The molecule has 76 valence electrons. The fourth-order valence-electron chi connectivity index (χ4n) is 1.20. The molecular weight excluding hydrogens is 166 g/mol. The number of nitrogens with two attached hydrogens (primary N) is 1. The fraction of sp³-hybridized carbons (Fsp3) is 0.900. The van der Waals surface area contributed by atoms with Crippen LogP contribution in [0.25, 0.3) is 0 Å². The van der Waals surface area contributed by atoms with Crippen molar-refractivity contribution in [1.82, 2.24) is 0 Å². The Hall–Kier alpha value is -0.570. The Bertz CT molecular complexity index is 176. The Morgan fingerprint density at radius 2 is 2.15 bits per heavy atom. The first-order valence-electron chi connectivity index (χ1n) is 5.01. The molecule has 0 heterocycles. The van der Waals surface area contributed by atoms with Crippen molar-refractivity contribution in [1.29, 1.82) is 0 Å². The Balaban J connectivity index is 2.12. The maximum absolute atomic E-state index is 11.3. The molecule has 0 amide bonds. The summed E-state index contributed by atoms with van der Waals surface area (Å²) >= 11 is 0. The molecule has 1 saturated carbocycles. The molecule has 0 aromatic heterocycles. The molecule has 3 nitrogen and oxygen atoms in total. The Labute approximate surface area is 79.6 Å². The van der Waals surface area contributed by atoms with Gasteiger partial charge in [0.05, 0.1) is 6.61 Å². The number of ether oxygens (including phenoxy) is 1. The zero-order valence-corrected chi connectivity index (χ0v) is 8.45. The van der Waals surface area contributed by atoms with Gasteiger partial charge in [-0.1, -0.05) is 13.8 Å². The molecule has 1 aliphatic carbocycles. The van der Waals surface area contributed by atoms with E-state index in [1.54, 1.807) is 0 Å². The fourth-order valence-corrected chi connectivity index (χ4v) is 1.20. The topological polar surface area (TPSA) is 52.3 Å². The van der Waals surface area contributed by atoms with E-state index in [0.717, 1.165) is 0 Å². The van der Waals surface area contributed by atoms with Crippen LogP contribution in [0.15, 0.2) is 0 Å². The predicted molar refractivity (Wildman–Crippen MR) is 51.1 cm³/mol. The van der Waals surface area contributed by atoms with Gasteiger partial charge in [0.25, 0.3) is 0 Å². The summed E-state index contributed by atoms with van der Waals surface area (Å²) < 4.78 is 5.06. The second-order valence-corrected chi connectivity index (χ2v) is 4.31. The number of carbonyl (C=O) groups is 1. The molecule has 1 aliphatic rings. The highest BCUT2D eigenvalue weighted by Gasteiger charge is 2.24. The number of hydrogen-bond donors (Lipinski definition) is 1. The van der Waals surface area contributed by atoms with Crippen molar-refractivity contribution in [2.75, 3.05) is 6.61 Å². The molecule has 1 rings (SSSR count). The average Bonchev–Trinajstić information content (AvgIpc) is 2.81. The van der Waals surface area contributed by atoms with Gasteiger partial charge in [0.15, 0.2) is 0 Å². The largest absolute Gasteiger partial charge is 0.464 e. The van der Waals surface area contributed by atoms with E-state index >= 15 is 0 Å². The normalized spacial score (nSPS) is 18.8. The molecular formula is C10H19NO2. The van der Waals surface area contributed by atoms with Crippen LogP contribution in [0.2, 0.25) is 0 Å². The van der Waals surface area contributed by atoms with Crippen molar-refractivity contribution >= 4 is 5.97 Å². The molecule has 0 radical (unpaired) electrons. The molecule has 3 heteroatoms. The minimum Gasteiger partial charge on any atom is -0.464 e. The molecule has 0 aromatic carbocycles. The quantitative estimate of drug-likeness (QED) is 0.657.